The number of rotatable bonds is 5. The summed E-state index contributed by atoms with van der Waals surface area (Å²) in [4.78, 5) is 27.2. The molecule has 3 rings (SSSR count). The van der Waals surface area contributed by atoms with Gasteiger partial charge in [0.15, 0.2) is 0 Å². The van der Waals surface area contributed by atoms with Gasteiger partial charge in [0, 0.05) is 19.3 Å². The number of benzene rings is 1. The van der Waals surface area contributed by atoms with Gasteiger partial charge < -0.3 is 26.6 Å². The van der Waals surface area contributed by atoms with Gasteiger partial charge in [-0.05, 0) is 50.1 Å². The fourth-order valence-corrected chi connectivity index (χ4v) is 3.73. The summed E-state index contributed by atoms with van der Waals surface area (Å²) in [5, 5.41) is 8.79. The van der Waals surface area contributed by atoms with Crippen molar-refractivity contribution in [3.8, 4) is 0 Å². The standard InChI is InChI=1S/C21H29N5O2/c1-21(10-5-11-26(2)14-21)13-24-19(27)15-8-9-18(23-12-15)20(28)25-17-7-4-3-6-16(17)22/h3-4,6-9,12,18,23H,5,10-11,13-14,22H2,1-2H3,(H,24,27)(H,25,28). The van der Waals surface area contributed by atoms with Crippen molar-refractivity contribution in [3.05, 3.63) is 48.2 Å². The zero-order chi connectivity index (χ0) is 20.1. The molecule has 5 N–H and O–H groups in total. The molecule has 7 heteroatoms. The van der Waals surface area contributed by atoms with Crippen molar-refractivity contribution in [3.63, 3.8) is 0 Å². The first-order chi connectivity index (χ1) is 13.4. The van der Waals surface area contributed by atoms with Gasteiger partial charge in [-0.2, -0.15) is 0 Å². The molecule has 2 aliphatic heterocycles. The molecule has 2 aliphatic rings. The molecule has 2 atom stereocenters. The van der Waals surface area contributed by atoms with Gasteiger partial charge in [-0.15, -0.1) is 0 Å². The van der Waals surface area contributed by atoms with E-state index in [9.17, 15) is 9.59 Å². The van der Waals surface area contributed by atoms with Crippen molar-refractivity contribution < 1.29 is 9.59 Å². The van der Waals surface area contributed by atoms with Crippen LogP contribution in [-0.4, -0.2) is 49.4 Å². The molecule has 2 amide bonds. The number of nitrogen functional groups attached to an aromatic ring is 1. The average Bonchev–Trinajstić information content (AvgIpc) is 2.68. The molecule has 2 heterocycles. The highest BCUT2D eigenvalue weighted by Crippen LogP contribution is 2.28. The number of anilines is 2. The van der Waals surface area contributed by atoms with Crippen LogP contribution in [0.5, 0.6) is 0 Å². The Labute approximate surface area is 166 Å². The number of nitrogens with one attached hydrogen (secondary N) is 3. The van der Waals surface area contributed by atoms with E-state index in [-0.39, 0.29) is 17.2 Å². The van der Waals surface area contributed by atoms with Crippen LogP contribution in [-0.2, 0) is 9.59 Å². The highest BCUT2D eigenvalue weighted by molar-refractivity contribution is 6.00. The zero-order valence-electron chi connectivity index (χ0n) is 16.5. The molecule has 1 aromatic rings. The van der Waals surface area contributed by atoms with Crippen LogP contribution < -0.4 is 21.7 Å². The monoisotopic (exact) mass is 383 g/mol. The Bertz CT molecular complexity index is 804. The van der Waals surface area contributed by atoms with Gasteiger partial charge in [0.1, 0.15) is 6.04 Å². The van der Waals surface area contributed by atoms with Crippen LogP contribution in [0.1, 0.15) is 19.8 Å². The van der Waals surface area contributed by atoms with Crippen LogP contribution in [0.25, 0.3) is 0 Å². The number of likely N-dealkylation sites (tertiary alicyclic amines) is 1. The predicted octanol–water partition coefficient (Wildman–Crippen LogP) is 1.47. The number of carbonyl (C=O) groups is 2. The molecule has 150 valence electrons. The number of amides is 2. The van der Waals surface area contributed by atoms with Crippen LogP contribution in [0.2, 0.25) is 0 Å². The Morgan fingerprint density at radius 1 is 1.36 bits per heavy atom. The summed E-state index contributed by atoms with van der Waals surface area (Å²) in [6, 6.07) is 6.54. The number of hydrogen-bond acceptors (Lipinski definition) is 5. The maximum Gasteiger partial charge on any atom is 0.252 e. The molecule has 1 saturated heterocycles. The number of piperidine rings is 1. The molecule has 0 aliphatic carbocycles. The molecule has 1 aromatic carbocycles. The Hall–Kier alpha value is -2.80. The van der Waals surface area contributed by atoms with Crippen LogP contribution in [0.3, 0.4) is 0 Å². The van der Waals surface area contributed by atoms with Crippen molar-refractivity contribution in [1.82, 2.24) is 15.5 Å². The van der Waals surface area contributed by atoms with Gasteiger partial charge in [-0.1, -0.05) is 25.1 Å². The van der Waals surface area contributed by atoms with Gasteiger partial charge in [-0.3, -0.25) is 9.59 Å². The smallest absolute Gasteiger partial charge is 0.252 e. The summed E-state index contributed by atoms with van der Waals surface area (Å²) < 4.78 is 0. The molecule has 2 unspecified atom stereocenters. The first kappa shape index (κ1) is 19.9. The van der Waals surface area contributed by atoms with Crippen molar-refractivity contribution in [1.29, 1.82) is 0 Å². The minimum atomic E-state index is -0.555. The summed E-state index contributed by atoms with van der Waals surface area (Å²) in [5.41, 5.74) is 7.53. The molecule has 28 heavy (non-hydrogen) atoms. The fourth-order valence-electron chi connectivity index (χ4n) is 3.73. The number of para-hydroxylation sites is 2. The Morgan fingerprint density at radius 2 is 2.14 bits per heavy atom. The maximum absolute atomic E-state index is 12.5. The molecule has 0 bridgehead atoms. The number of carbonyl (C=O) groups excluding carboxylic acids is 2. The average molecular weight is 383 g/mol. The third-order valence-corrected chi connectivity index (χ3v) is 5.30. The van der Waals surface area contributed by atoms with Crippen molar-refractivity contribution >= 4 is 23.2 Å². The van der Waals surface area contributed by atoms with E-state index in [4.69, 9.17) is 5.73 Å². The molecule has 7 nitrogen and oxygen atoms in total. The highest BCUT2D eigenvalue weighted by atomic mass is 16.2. The van der Waals surface area contributed by atoms with Gasteiger partial charge in [0.05, 0.1) is 16.9 Å². The Balaban J connectivity index is 1.50. The van der Waals surface area contributed by atoms with E-state index >= 15 is 0 Å². The van der Waals surface area contributed by atoms with Crippen LogP contribution in [0.4, 0.5) is 11.4 Å². The summed E-state index contributed by atoms with van der Waals surface area (Å²) in [7, 11) is 2.11. The van der Waals surface area contributed by atoms with Crippen LogP contribution in [0, 0.1) is 5.41 Å². The van der Waals surface area contributed by atoms with E-state index in [1.54, 1.807) is 30.5 Å². The minimum absolute atomic E-state index is 0.0903. The van der Waals surface area contributed by atoms with Crippen LogP contribution >= 0.6 is 0 Å². The molecule has 0 spiro atoms. The maximum atomic E-state index is 12.5. The minimum Gasteiger partial charge on any atom is -0.397 e. The summed E-state index contributed by atoms with van der Waals surface area (Å²) >= 11 is 0. The molecule has 0 aromatic heterocycles. The van der Waals surface area contributed by atoms with Gasteiger partial charge in [0.2, 0.25) is 0 Å². The SMILES string of the molecule is CN1CCCC(C)(CNC(=O)C2=CNC(C(=O)Nc3ccccc3N)C=C2)C1. The van der Waals surface area contributed by atoms with E-state index in [2.05, 4.69) is 34.8 Å². The normalized spacial score (nSPS) is 24.8. The fraction of sp³-hybridized carbons (Fsp3) is 0.429. The molecule has 0 radical (unpaired) electrons. The Kier molecular flexibility index (Phi) is 6.04. The largest absolute Gasteiger partial charge is 0.397 e. The Morgan fingerprint density at radius 3 is 2.82 bits per heavy atom. The van der Waals surface area contributed by atoms with Crippen LogP contribution in [0.15, 0.2) is 48.2 Å². The third-order valence-electron chi connectivity index (χ3n) is 5.30. The second-order valence-corrected chi connectivity index (χ2v) is 8.01. The van der Waals surface area contributed by atoms with Gasteiger partial charge in [-0.25, -0.2) is 0 Å². The van der Waals surface area contributed by atoms with E-state index in [1.165, 1.54) is 0 Å². The molecule has 1 fully saturated rings. The van der Waals surface area contributed by atoms with E-state index in [0.717, 1.165) is 25.9 Å². The second-order valence-electron chi connectivity index (χ2n) is 8.01. The lowest BCUT2D eigenvalue weighted by molar-refractivity contribution is -0.118. The van der Waals surface area contributed by atoms with Crippen molar-refractivity contribution in [2.75, 3.05) is 37.7 Å². The van der Waals surface area contributed by atoms with E-state index < -0.39 is 6.04 Å². The molecule has 0 saturated carbocycles. The number of nitrogens with zero attached hydrogens (tertiary/aromatic N) is 1. The quantitative estimate of drug-likeness (QED) is 0.577. The lowest BCUT2D eigenvalue weighted by Gasteiger charge is -2.38. The summed E-state index contributed by atoms with van der Waals surface area (Å²) in [6.45, 7) is 4.94. The number of nitrogens with two attached hydrogens (primary N) is 1. The first-order valence-corrected chi connectivity index (χ1v) is 9.63. The summed E-state index contributed by atoms with van der Waals surface area (Å²) in [5.74, 6) is -0.369. The lowest BCUT2D eigenvalue weighted by atomic mass is 9.82. The van der Waals surface area contributed by atoms with Gasteiger partial charge in [0.25, 0.3) is 11.8 Å². The first-order valence-electron chi connectivity index (χ1n) is 9.63. The molecular formula is C21H29N5O2. The van der Waals surface area contributed by atoms with Crippen molar-refractivity contribution in [2.45, 2.75) is 25.8 Å². The summed E-state index contributed by atoms with van der Waals surface area (Å²) in [6.07, 6.45) is 7.20. The lowest BCUT2D eigenvalue weighted by Crippen LogP contribution is -2.46. The zero-order valence-corrected chi connectivity index (χ0v) is 16.5. The highest BCUT2D eigenvalue weighted by Gasteiger charge is 2.30. The van der Waals surface area contributed by atoms with E-state index in [0.29, 0.717) is 23.5 Å². The second kappa shape index (κ2) is 8.48. The van der Waals surface area contributed by atoms with E-state index in [1.807, 2.05) is 12.1 Å². The predicted molar refractivity (Wildman–Crippen MR) is 111 cm³/mol. The third kappa shape index (κ3) is 4.92. The number of hydrogen-bond donors (Lipinski definition) is 4. The number of dihydropyridines is 1. The topological polar surface area (TPSA) is 99.5 Å². The molecular weight excluding hydrogens is 354 g/mol. The van der Waals surface area contributed by atoms with Gasteiger partial charge >= 0.3 is 0 Å². The van der Waals surface area contributed by atoms with Crippen molar-refractivity contribution in [2.24, 2.45) is 5.41 Å².